The molecule has 1 aromatic heterocycles. The SMILES string of the molecule is CN1CCNC(c2ccc3cc(O)ccc3n2)C1. The highest BCUT2D eigenvalue weighted by atomic mass is 16.3. The maximum absolute atomic E-state index is 9.44. The standard InChI is InChI=1S/C14H17N3O/c1-17-7-6-15-14(9-17)13-4-2-10-8-11(18)3-5-12(10)16-13/h2-5,8,14-15,18H,6-7,9H2,1H3. The predicted molar refractivity (Wildman–Crippen MR) is 71.6 cm³/mol. The van der Waals surface area contributed by atoms with Crippen LogP contribution in [0.25, 0.3) is 10.9 Å². The second kappa shape index (κ2) is 4.55. The Kier molecular flexibility index (Phi) is 2.89. The van der Waals surface area contributed by atoms with Crippen molar-refractivity contribution in [1.29, 1.82) is 0 Å². The molecular weight excluding hydrogens is 226 g/mol. The summed E-state index contributed by atoms with van der Waals surface area (Å²) >= 11 is 0. The molecule has 4 nitrogen and oxygen atoms in total. The normalized spacial score (nSPS) is 21.3. The summed E-state index contributed by atoms with van der Waals surface area (Å²) < 4.78 is 0. The molecule has 0 spiro atoms. The molecule has 0 aliphatic carbocycles. The molecule has 0 bridgehead atoms. The van der Waals surface area contributed by atoms with E-state index in [-0.39, 0.29) is 5.75 Å². The van der Waals surface area contributed by atoms with E-state index in [0.29, 0.717) is 6.04 Å². The first-order valence-electron chi connectivity index (χ1n) is 6.24. The summed E-state index contributed by atoms with van der Waals surface area (Å²) in [4.78, 5) is 6.98. The van der Waals surface area contributed by atoms with E-state index in [1.54, 1.807) is 12.1 Å². The van der Waals surface area contributed by atoms with Crippen LogP contribution in [0.4, 0.5) is 0 Å². The third-order valence-corrected chi connectivity index (χ3v) is 3.43. The van der Waals surface area contributed by atoms with Crippen molar-refractivity contribution >= 4 is 10.9 Å². The number of hydrogen-bond donors (Lipinski definition) is 2. The van der Waals surface area contributed by atoms with Crippen molar-refractivity contribution in [2.24, 2.45) is 0 Å². The van der Waals surface area contributed by atoms with E-state index in [9.17, 15) is 5.11 Å². The van der Waals surface area contributed by atoms with Gasteiger partial charge < -0.3 is 15.3 Å². The van der Waals surface area contributed by atoms with Crippen LogP contribution in [-0.4, -0.2) is 41.7 Å². The Balaban J connectivity index is 1.95. The summed E-state index contributed by atoms with van der Waals surface area (Å²) in [6, 6.07) is 9.64. The highest BCUT2D eigenvalue weighted by Crippen LogP contribution is 2.21. The van der Waals surface area contributed by atoms with Crippen LogP contribution < -0.4 is 5.32 Å². The topological polar surface area (TPSA) is 48.4 Å². The van der Waals surface area contributed by atoms with Gasteiger partial charge >= 0.3 is 0 Å². The van der Waals surface area contributed by atoms with Crippen molar-refractivity contribution in [3.8, 4) is 5.75 Å². The van der Waals surface area contributed by atoms with Crippen molar-refractivity contribution in [3.05, 3.63) is 36.0 Å². The molecule has 0 saturated carbocycles. The van der Waals surface area contributed by atoms with Crippen molar-refractivity contribution in [2.45, 2.75) is 6.04 Å². The lowest BCUT2D eigenvalue weighted by atomic mass is 10.1. The molecule has 2 aromatic rings. The summed E-state index contributed by atoms with van der Waals surface area (Å²) in [5.41, 5.74) is 2.00. The van der Waals surface area contributed by atoms with Crippen LogP contribution in [0.5, 0.6) is 5.75 Å². The Bertz CT molecular complexity index is 570. The molecule has 0 amide bonds. The summed E-state index contributed by atoms with van der Waals surface area (Å²) in [5, 5.41) is 13.9. The molecule has 94 valence electrons. The highest BCUT2D eigenvalue weighted by molar-refractivity contribution is 5.80. The monoisotopic (exact) mass is 243 g/mol. The van der Waals surface area contributed by atoms with Gasteiger partial charge in [-0.15, -0.1) is 0 Å². The molecule has 1 aliphatic rings. The summed E-state index contributed by atoms with van der Waals surface area (Å²) in [5.74, 6) is 0.285. The lowest BCUT2D eigenvalue weighted by Gasteiger charge is -2.30. The number of aromatic hydroxyl groups is 1. The number of phenolic OH excluding ortho intramolecular Hbond substituents is 1. The lowest BCUT2D eigenvalue weighted by Crippen LogP contribution is -2.43. The molecule has 2 heterocycles. The molecule has 1 aliphatic heterocycles. The summed E-state index contributed by atoms with van der Waals surface area (Å²) in [7, 11) is 2.13. The molecule has 0 radical (unpaired) electrons. The van der Waals surface area contributed by atoms with Crippen molar-refractivity contribution in [2.75, 3.05) is 26.7 Å². The van der Waals surface area contributed by atoms with E-state index in [1.165, 1.54) is 0 Å². The third-order valence-electron chi connectivity index (χ3n) is 3.43. The second-order valence-electron chi connectivity index (χ2n) is 4.88. The number of aromatic nitrogens is 1. The zero-order valence-corrected chi connectivity index (χ0v) is 10.4. The Morgan fingerprint density at radius 2 is 2.22 bits per heavy atom. The highest BCUT2D eigenvalue weighted by Gasteiger charge is 2.19. The van der Waals surface area contributed by atoms with Crippen LogP contribution in [0.15, 0.2) is 30.3 Å². The molecule has 1 fully saturated rings. The lowest BCUT2D eigenvalue weighted by molar-refractivity contribution is 0.238. The van der Waals surface area contributed by atoms with Crippen molar-refractivity contribution < 1.29 is 5.11 Å². The van der Waals surface area contributed by atoms with Gasteiger partial charge in [0, 0.05) is 25.0 Å². The van der Waals surface area contributed by atoms with Gasteiger partial charge in [-0.25, -0.2) is 0 Å². The van der Waals surface area contributed by atoms with E-state index in [4.69, 9.17) is 0 Å². The first kappa shape index (κ1) is 11.4. The maximum atomic E-state index is 9.44. The molecule has 2 N–H and O–H groups in total. The van der Waals surface area contributed by atoms with Gasteiger partial charge in [-0.3, -0.25) is 4.98 Å². The maximum Gasteiger partial charge on any atom is 0.116 e. The van der Waals surface area contributed by atoms with Gasteiger partial charge in [0.2, 0.25) is 0 Å². The smallest absolute Gasteiger partial charge is 0.116 e. The van der Waals surface area contributed by atoms with Gasteiger partial charge in [0.25, 0.3) is 0 Å². The van der Waals surface area contributed by atoms with Gasteiger partial charge in [0.1, 0.15) is 5.75 Å². The minimum atomic E-state index is 0.285. The van der Waals surface area contributed by atoms with Gasteiger partial charge in [0.15, 0.2) is 0 Å². The first-order chi connectivity index (χ1) is 8.72. The number of fused-ring (bicyclic) bond motifs is 1. The summed E-state index contributed by atoms with van der Waals surface area (Å²) in [6.45, 7) is 3.06. The molecule has 1 saturated heterocycles. The van der Waals surface area contributed by atoms with Crippen LogP contribution in [0, 0.1) is 0 Å². The predicted octanol–water partition coefficient (Wildman–Crippen LogP) is 1.52. The van der Waals surface area contributed by atoms with Crippen molar-refractivity contribution in [3.63, 3.8) is 0 Å². The number of benzene rings is 1. The Hall–Kier alpha value is -1.65. The van der Waals surface area contributed by atoms with Crippen LogP contribution in [0.1, 0.15) is 11.7 Å². The number of nitrogens with one attached hydrogen (secondary N) is 1. The Labute approximate surface area is 106 Å². The average Bonchev–Trinajstić information content (AvgIpc) is 2.38. The van der Waals surface area contributed by atoms with Gasteiger partial charge in [-0.05, 0) is 31.3 Å². The van der Waals surface area contributed by atoms with Gasteiger partial charge in [-0.1, -0.05) is 6.07 Å². The minimum Gasteiger partial charge on any atom is -0.508 e. The number of likely N-dealkylation sites (N-methyl/N-ethyl adjacent to an activating group) is 1. The number of rotatable bonds is 1. The average molecular weight is 243 g/mol. The van der Waals surface area contributed by atoms with E-state index < -0.39 is 0 Å². The third kappa shape index (κ3) is 2.17. The fraction of sp³-hybridized carbons (Fsp3) is 0.357. The molecular formula is C14H17N3O. The Morgan fingerprint density at radius 3 is 3.06 bits per heavy atom. The number of nitrogens with zero attached hydrogens (tertiary/aromatic N) is 2. The van der Waals surface area contributed by atoms with Crippen LogP contribution in [0.2, 0.25) is 0 Å². The summed E-state index contributed by atoms with van der Waals surface area (Å²) in [6.07, 6.45) is 0. The van der Waals surface area contributed by atoms with Crippen LogP contribution in [0.3, 0.4) is 0 Å². The molecule has 3 rings (SSSR count). The van der Waals surface area contributed by atoms with E-state index in [1.807, 2.05) is 18.2 Å². The molecule has 4 heteroatoms. The van der Waals surface area contributed by atoms with Crippen LogP contribution in [-0.2, 0) is 0 Å². The number of pyridine rings is 1. The zero-order valence-electron chi connectivity index (χ0n) is 10.4. The van der Waals surface area contributed by atoms with Crippen molar-refractivity contribution in [1.82, 2.24) is 15.2 Å². The molecule has 1 atom stereocenters. The van der Waals surface area contributed by atoms with Gasteiger partial charge in [0.05, 0.1) is 17.3 Å². The van der Waals surface area contributed by atoms with E-state index >= 15 is 0 Å². The van der Waals surface area contributed by atoms with E-state index in [0.717, 1.165) is 36.2 Å². The fourth-order valence-electron chi connectivity index (χ4n) is 2.42. The van der Waals surface area contributed by atoms with E-state index in [2.05, 4.69) is 22.2 Å². The fourth-order valence-corrected chi connectivity index (χ4v) is 2.42. The zero-order chi connectivity index (χ0) is 12.5. The number of phenols is 1. The second-order valence-corrected chi connectivity index (χ2v) is 4.88. The minimum absolute atomic E-state index is 0.285. The Morgan fingerprint density at radius 1 is 1.33 bits per heavy atom. The van der Waals surface area contributed by atoms with Crippen LogP contribution >= 0.6 is 0 Å². The number of hydrogen-bond acceptors (Lipinski definition) is 4. The quantitative estimate of drug-likeness (QED) is 0.797. The number of piperazine rings is 1. The first-order valence-corrected chi connectivity index (χ1v) is 6.24. The molecule has 18 heavy (non-hydrogen) atoms. The molecule has 1 unspecified atom stereocenters. The van der Waals surface area contributed by atoms with Gasteiger partial charge in [-0.2, -0.15) is 0 Å². The largest absolute Gasteiger partial charge is 0.508 e. The molecule has 1 aromatic carbocycles.